The van der Waals surface area contributed by atoms with Gasteiger partial charge in [0.2, 0.25) is 0 Å². The molecule has 3 saturated heterocycles. The minimum absolute atomic E-state index is 0.0175. The fourth-order valence-corrected chi connectivity index (χ4v) is 2.12. The average molecular weight is 214 g/mol. The summed E-state index contributed by atoms with van der Waals surface area (Å²) in [5.41, 5.74) is 0.167. The molecule has 0 aromatic carbocycles. The summed E-state index contributed by atoms with van der Waals surface area (Å²) >= 11 is 0. The zero-order valence-corrected chi connectivity index (χ0v) is 10.4. The Morgan fingerprint density at radius 1 is 0.933 bits per heavy atom. The quantitative estimate of drug-likeness (QED) is 0.671. The van der Waals surface area contributed by atoms with E-state index in [0.29, 0.717) is 0 Å². The van der Waals surface area contributed by atoms with Crippen molar-refractivity contribution in [2.75, 3.05) is 19.8 Å². The number of fused-ring (bicyclic) bond motifs is 3. The van der Waals surface area contributed by atoms with Gasteiger partial charge in [-0.1, -0.05) is 34.6 Å². The summed E-state index contributed by atoms with van der Waals surface area (Å²) in [5.74, 6) is -0.539. The molecule has 3 heterocycles. The van der Waals surface area contributed by atoms with E-state index < -0.39 is 5.97 Å². The van der Waals surface area contributed by atoms with E-state index >= 15 is 0 Å². The Bertz CT molecular complexity index is 228. The van der Waals surface area contributed by atoms with Crippen LogP contribution in [-0.4, -0.2) is 25.8 Å². The number of rotatable bonds is 1. The van der Waals surface area contributed by atoms with Gasteiger partial charge in [-0.2, -0.15) is 0 Å². The SMILES string of the molecule is CC(C)C12OCC(C(C)(C)C)(CO1)CO2. The van der Waals surface area contributed by atoms with Gasteiger partial charge in [0.1, 0.15) is 0 Å². The van der Waals surface area contributed by atoms with E-state index in [4.69, 9.17) is 14.2 Å². The van der Waals surface area contributed by atoms with Gasteiger partial charge in [-0.25, -0.2) is 0 Å². The lowest BCUT2D eigenvalue weighted by Crippen LogP contribution is -2.65. The van der Waals surface area contributed by atoms with Crippen LogP contribution in [0.2, 0.25) is 0 Å². The van der Waals surface area contributed by atoms with Gasteiger partial charge in [0.15, 0.2) is 0 Å². The Labute approximate surface area is 92.1 Å². The summed E-state index contributed by atoms with van der Waals surface area (Å²) in [6.07, 6.45) is 0. The fourth-order valence-electron chi connectivity index (χ4n) is 2.12. The molecule has 0 spiro atoms. The third kappa shape index (κ3) is 1.52. The van der Waals surface area contributed by atoms with Crippen molar-refractivity contribution < 1.29 is 14.2 Å². The Morgan fingerprint density at radius 3 is 1.60 bits per heavy atom. The third-order valence-corrected chi connectivity index (χ3v) is 3.95. The van der Waals surface area contributed by atoms with E-state index in [1.807, 2.05) is 0 Å². The van der Waals surface area contributed by atoms with Crippen LogP contribution in [0.3, 0.4) is 0 Å². The Balaban J connectivity index is 2.18. The number of ether oxygens (including phenoxy) is 3. The molecule has 0 saturated carbocycles. The molecule has 0 atom stereocenters. The molecule has 3 aliphatic rings. The second-order valence-electron chi connectivity index (χ2n) is 6.15. The van der Waals surface area contributed by atoms with Crippen molar-refractivity contribution in [1.29, 1.82) is 0 Å². The first-order valence-corrected chi connectivity index (χ1v) is 5.73. The highest BCUT2D eigenvalue weighted by atomic mass is 16.9. The monoisotopic (exact) mass is 214 g/mol. The van der Waals surface area contributed by atoms with Crippen LogP contribution >= 0.6 is 0 Å². The van der Waals surface area contributed by atoms with Crippen molar-refractivity contribution in [3.05, 3.63) is 0 Å². The first kappa shape index (κ1) is 11.4. The van der Waals surface area contributed by atoms with E-state index in [1.54, 1.807) is 0 Å². The minimum Gasteiger partial charge on any atom is -0.326 e. The lowest BCUT2D eigenvalue weighted by atomic mass is 9.67. The highest BCUT2D eigenvalue weighted by Crippen LogP contribution is 2.50. The Morgan fingerprint density at radius 2 is 1.33 bits per heavy atom. The predicted octanol–water partition coefficient (Wildman–Crippen LogP) is 2.41. The molecule has 3 fully saturated rings. The van der Waals surface area contributed by atoms with Gasteiger partial charge in [-0.15, -0.1) is 0 Å². The predicted molar refractivity (Wildman–Crippen MR) is 57.3 cm³/mol. The molecular weight excluding hydrogens is 192 g/mol. The van der Waals surface area contributed by atoms with E-state index in [1.165, 1.54) is 0 Å². The molecule has 3 rings (SSSR count). The van der Waals surface area contributed by atoms with Crippen LogP contribution < -0.4 is 0 Å². The first-order valence-electron chi connectivity index (χ1n) is 5.73. The summed E-state index contributed by atoms with van der Waals surface area (Å²) in [6, 6.07) is 0. The highest BCUT2D eigenvalue weighted by Gasteiger charge is 2.58. The van der Waals surface area contributed by atoms with E-state index in [9.17, 15) is 0 Å². The molecule has 3 nitrogen and oxygen atoms in total. The van der Waals surface area contributed by atoms with Gasteiger partial charge >= 0.3 is 0 Å². The molecule has 0 N–H and O–H groups in total. The van der Waals surface area contributed by atoms with E-state index in [2.05, 4.69) is 34.6 Å². The van der Waals surface area contributed by atoms with Crippen molar-refractivity contribution in [1.82, 2.24) is 0 Å². The van der Waals surface area contributed by atoms with Crippen LogP contribution in [0.25, 0.3) is 0 Å². The van der Waals surface area contributed by atoms with Crippen molar-refractivity contribution >= 4 is 0 Å². The summed E-state index contributed by atoms with van der Waals surface area (Å²) in [4.78, 5) is 0. The van der Waals surface area contributed by atoms with Crippen LogP contribution in [0.4, 0.5) is 0 Å². The minimum atomic E-state index is -0.771. The number of hydrogen-bond acceptors (Lipinski definition) is 3. The largest absolute Gasteiger partial charge is 0.326 e. The van der Waals surface area contributed by atoms with Gasteiger partial charge in [0.05, 0.1) is 19.8 Å². The maximum Gasteiger partial charge on any atom is 0.285 e. The smallest absolute Gasteiger partial charge is 0.285 e. The van der Waals surface area contributed by atoms with Crippen molar-refractivity contribution in [2.45, 2.75) is 40.6 Å². The molecule has 15 heavy (non-hydrogen) atoms. The first-order chi connectivity index (χ1) is 6.81. The van der Waals surface area contributed by atoms with Crippen LogP contribution in [0.15, 0.2) is 0 Å². The molecule has 0 unspecified atom stereocenters. The van der Waals surface area contributed by atoms with Gasteiger partial charge in [-0.3, -0.25) is 0 Å². The van der Waals surface area contributed by atoms with Crippen molar-refractivity contribution in [3.8, 4) is 0 Å². The summed E-state index contributed by atoms with van der Waals surface area (Å²) in [5, 5.41) is 0. The maximum atomic E-state index is 5.81. The zero-order valence-electron chi connectivity index (χ0n) is 10.4. The standard InChI is InChI=1S/C12H22O3/c1-9(2)12-13-6-11(7-14-12,8-15-12)10(3,4)5/h9H,6-8H2,1-5H3. The van der Waals surface area contributed by atoms with Gasteiger partial charge in [-0.05, 0) is 5.41 Å². The van der Waals surface area contributed by atoms with Gasteiger partial charge in [0, 0.05) is 11.3 Å². The molecule has 0 aliphatic carbocycles. The lowest BCUT2D eigenvalue weighted by molar-refractivity contribution is -0.492. The molecule has 0 aromatic heterocycles. The van der Waals surface area contributed by atoms with Crippen LogP contribution in [0, 0.1) is 16.7 Å². The molecule has 0 amide bonds. The van der Waals surface area contributed by atoms with Crippen LogP contribution in [0.1, 0.15) is 34.6 Å². The molecule has 3 aliphatic heterocycles. The molecule has 0 radical (unpaired) electrons. The Kier molecular flexibility index (Phi) is 2.42. The number of hydrogen-bond donors (Lipinski definition) is 0. The van der Waals surface area contributed by atoms with E-state index in [-0.39, 0.29) is 16.7 Å². The second kappa shape index (κ2) is 3.19. The molecular formula is C12H22O3. The fraction of sp³-hybridized carbons (Fsp3) is 1.00. The normalized spacial score (nSPS) is 41.2. The third-order valence-electron chi connectivity index (χ3n) is 3.95. The van der Waals surface area contributed by atoms with Crippen LogP contribution in [-0.2, 0) is 14.2 Å². The van der Waals surface area contributed by atoms with E-state index in [0.717, 1.165) is 19.8 Å². The zero-order chi connectivity index (χ0) is 11.3. The Hall–Kier alpha value is -0.120. The topological polar surface area (TPSA) is 27.7 Å². The summed E-state index contributed by atoms with van der Waals surface area (Å²) in [7, 11) is 0. The highest BCUT2D eigenvalue weighted by molar-refractivity contribution is 4.96. The molecule has 3 heteroatoms. The van der Waals surface area contributed by atoms with Gasteiger partial charge in [0.25, 0.3) is 5.97 Å². The van der Waals surface area contributed by atoms with Crippen molar-refractivity contribution in [2.24, 2.45) is 16.7 Å². The maximum absolute atomic E-state index is 5.81. The van der Waals surface area contributed by atoms with Gasteiger partial charge < -0.3 is 14.2 Å². The molecule has 88 valence electrons. The summed E-state index contributed by atoms with van der Waals surface area (Å²) in [6.45, 7) is 13.0. The van der Waals surface area contributed by atoms with Crippen LogP contribution in [0.5, 0.6) is 0 Å². The molecule has 2 bridgehead atoms. The second-order valence-corrected chi connectivity index (χ2v) is 6.15. The summed E-state index contributed by atoms with van der Waals surface area (Å²) < 4.78 is 17.4. The molecule has 0 aromatic rings. The average Bonchev–Trinajstić information content (AvgIpc) is 2.19. The lowest BCUT2D eigenvalue weighted by Gasteiger charge is -2.58. The van der Waals surface area contributed by atoms with Crippen molar-refractivity contribution in [3.63, 3.8) is 0 Å².